The third-order valence-corrected chi connectivity index (χ3v) is 8.98. The fraction of sp³-hybridized carbons (Fsp3) is 0.378. The van der Waals surface area contributed by atoms with Gasteiger partial charge in [-0.05, 0) is 46.7 Å². The van der Waals surface area contributed by atoms with Crippen LogP contribution in [0.3, 0.4) is 0 Å². The van der Waals surface area contributed by atoms with Gasteiger partial charge in [0.1, 0.15) is 30.5 Å². The number of likely N-dealkylation sites (N-methyl/N-ethyl adjacent to an activating group) is 1. The molecule has 1 unspecified atom stereocenters. The SMILES string of the molecule is CN(C(=O)C(Cc1ccc(F)cc1)NC(=O)OCc1ccccc1)[C@@H](CC(C)(C)C)C(=O)N1C[C@]2(C[C@H]1C#N)C(=O)Nc1ccccc12. The Balaban J connectivity index is 1.41. The summed E-state index contributed by atoms with van der Waals surface area (Å²) in [6.07, 6.45) is -0.464. The van der Waals surface area contributed by atoms with Crippen LogP contribution in [-0.4, -0.2) is 65.3 Å². The number of likely N-dealkylation sites (tertiary alicyclic amines) is 1. The molecule has 48 heavy (non-hydrogen) atoms. The second-order valence-corrected chi connectivity index (χ2v) is 13.7. The zero-order valence-corrected chi connectivity index (χ0v) is 27.5. The summed E-state index contributed by atoms with van der Waals surface area (Å²) in [4.78, 5) is 57.8. The van der Waals surface area contributed by atoms with E-state index in [-0.39, 0.29) is 38.3 Å². The summed E-state index contributed by atoms with van der Waals surface area (Å²) < 4.78 is 19.1. The Bertz CT molecular complexity index is 1720. The van der Waals surface area contributed by atoms with Crippen LogP contribution in [0, 0.1) is 22.6 Å². The fourth-order valence-electron chi connectivity index (χ4n) is 6.51. The predicted molar refractivity (Wildman–Crippen MR) is 177 cm³/mol. The first-order valence-electron chi connectivity index (χ1n) is 15.9. The molecule has 1 fully saturated rings. The zero-order chi connectivity index (χ0) is 34.6. The average Bonchev–Trinajstić information content (AvgIpc) is 3.59. The monoisotopic (exact) mass is 653 g/mol. The third-order valence-electron chi connectivity index (χ3n) is 8.98. The number of ether oxygens (including phenoxy) is 1. The minimum atomic E-state index is -1.16. The Hall–Kier alpha value is -5.24. The first kappa shape index (κ1) is 34.1. The van der Waals surface area contributed by atoms with Gasteiger partial charge < -0.3 is 25.2 Å². The Labute approximate surface area is 279 Å². The molecule has 2 N–H and O–H groups in total. The first-order chi connectivity index (χ1) is 22.8. The first-order valence-corrected chi connectivity index (χ1v) is 15.9. The number of alkyl carbamates (subject to hydrolysis) is 1. The molecular formula is C37H40FN5O5. The normalized spacial score (nSPS) is 19.5. The molecule has 1 saturated heterocycles. The van der Waals surface area contributed by atoms with Gasteiger partial charge in [-0.25, -0.2) is 9.18 Å². The molecule has 0 saturated carbocycles. The van der Waals surface area contributed by atoms with Gasteiger partial charge in [0.25, 0.3) is 0 Å². The molecule has 2 heterocycles. The molecule has 5 rings (SSSR count). The number of benzene rings is 3. The van der Waals surface area contributed by atoms with E-state index < -0.39 is 52.7 Å². The highest BCUT2D eigenvalue weighted by molar-refractivity contribution is 6.07. The number of nitrogens with zero attached hydrogens (tertiary/aromatic N) is 3. The number of carbonyl (C=O) groups excluding carboxylic acids is 4. The van der Waals surface area contributed by atoms with Gasteiger partial charge in [-0.1, -0.05) is 81.4 Å². The topological polar surface area (TPSA) is 132 Å². The number of amides is 4. The minimum absolute atomic E-state index is 0.00488. The molecule has 4 amide bonds. The van der Waals surface area contributed by atoms with Crippen LogP contribution in [0.1, 0.15) is 50.3 Å². The van der Waals surface area contributed by atoms with Crippen molar-refractivity contribution in [3.8, 4) is 6.07 Å². The molecule has 3 aromatic rings. The molecule has 250 valence electrons. The second kappa shape index (κ2) is 13.9. The lowest BCUT2D eigenvalue weighted by atomic mass is 9.80. The second-order valence-electron chi connectivity index (χ2n) is 13.7. The van der Waals surface area contributed by atoms with Crippen molar-refractivity contribution < 1.29 is 28.3 Å². The molecule has 2 aliphatic rings. The molecule has 3 aromatic carbocycles. The van der Waals surface area contributed by atoms with Gasteiger partial charge in [-0.15, -0.1) is 0 Å². The summed E-state index contributed by atoms with van der Waals surface area (Å²) >= 11 is 0. The summed E-state index contributed by atoms with van der Waals surface area (Å²) in [6, 6.07) is 21.0. The number of hydrogen-bond acceptors (Lipinski definition) is 6. The van der Waals surface area contributed by atoms with E-state index in [9.17, 15) is 28.8 Å². The van der Waals surface area contributed by atoms with Crippen LogP contribution >= 0.6 is 0 Å². The summed E-state index contributed by atoms with van der Waals surface area (Å²) in [6.45, 7) is 5.78. The van der Waals surface area contributed by atoms with Crippen molar-refractivity contribution in [1.82, 2.24) is 15.1 Å². The number of carbonyl (C=O) groups is 4. The van der Waals surface area contributed by atoms with Crippen molar-refractivity contribution in [2.75, 3.05) is 18.9 Å². The van der Waals surface area contributed by atoms with E-state index >= 15 is 0 Å². The van der Waals surface area contributed by atoms with E-state index in [2.05, 4.69) is 16.7 Å². The van der Waals surface area contributed by atoms with Gasteiger partial charge in [-0.2, -0.15) is 5.26 Å². The van der Waals surface area contributed by atoms with Crippen LogP contribution in [0.5, 0.6) is 0 Å². The van der Waals surface area contributed by atoms with E-state index in [1.807, 2.05) is 57.2 Å². The Morgan fingerprint density at radius 2 is 1.73 bits per heavy atom. The van der Waals surface area contributed by atoms with Crippen LogP contribution in [0.2, 0.25) is 0 Å². The summed E-state index contributed by atoms with van der Waals surface area (Å²) in [5.74, 6) is -1.74. The largest absolute Gasteiger partial charge is 0.445 e. The number of para-hydroxylation sites is 1. The van der Waals surface area contributed by atoms with E-state index in [1.165, 1.54) is 41.1 Å². The Morgan fingerprint density at radius 1 is 1.06 bits per heavy atom. The van der Waals surface area contributed by atoms with Crippen LogP contribution < -0.4 is 10.6 Å². The highest BCUT2D eigenvalue weighted by Crippen LogP contribution is 2.46. The average molecular weight is 654 g/mol. The third kappa shape index (κ3) is 7.33. The number of nitriles is 1. The number of hydrogen-bond donors (Lipinski definition) is 2. The van der Waals surface area contributed by atoms with Crippen molar-refractivity contribution in [1.29, 1.82) is 5.26 Å². The molecule has 1 spiro atoms. The molecule has 0 aromatic heterocycles. The zero-order valence-electron chi connectivity index (χ0n) is 27.5. The molecular weight excluding hydrogens is 613 g/mol. The maximum atomic E-state index is 14.5. The maximum absolute atomic E-state index is 14.5. The van der Waals surface area contributed by atoms with Gasteiger partial charge in [0.2, 0.25) is 17.7 Å². The number of rotatable bonds is 9. The maximum Gasteiger partial charge on any atom is 0.408 e. The van der Waals surface area contributed by atoms with E-state index in [1.54, 1.807) is 18.2 Å². The molecule has 10 nitrogen and oxygen atoms in total. The van der Waals surface area contributed by atoms with Gasteiger partial charge in [0, 0.05) is 32.1 Å². The van der Waals surface area contributed by atoms with E-state index in [4.69, 9.17) is 4.74 Å². The lowest BCUT2D eigenvalue weighted by Gasteiger charge is -2.37. The highest BCUT2D eigenvalue weighted by Gasteiger charge is 2.57. The van der Waals surface area contributed by atoms with Crippen molar-refractivity contribution in [3.05, 3.63) is 101 Å². The van der Waals surface area contributed by atoms with Crippen LogP contribution in [0.25, 0.3) is 0 Å². The number of nitrogens with one attached hydrogen (secondary N) is 2. The van der Waals surface area contributed by atoms with Gasteiger partial charge >= 0.3 is 6.09 Å². The van der Waals surface area contributed by atoms with Gasteiger partial charge in [0.05, 0.1) is 11.5 Å². The van der Waals surface area contributed by atoms with Crippen molar-refractivity contribution >= 4 is 29.5 Å². The minimum Gasteiger partial charge on any atom is -0.445 e. The molecule has 0 bridgehead atoms. The van der Waals surface area contributed by atoms with Crippen LogP contribution in [-0.2, 0) is 37.6 Å². The standard InChI is InChI=1S/C37H40FN5O5/c1-36(2,3)20-31(33(45)43-23-37(19-27(43)21-39)28-12-8-9-13-29(28)40-34(37)46)42(4)32(44)30(18-24-14-16-26(38)17-15-24)41-35(47)48-22-25-10-6-5-7-11-25/h5-17,27,30-31H,18-20,22-23H2,1-4H3,(H,40,46)(H,41,47)/t27-,30?,31-,37-/m0/s1. The van der Waals surface area contributed by atoms with E-state index in [0.29, 0.717) is 11.3 Å². The number of halogens is 1. The fourth-order valence-corrected chi connectivity index (χ4v) is 6.51. The predicted octanol–water partition coefficient (Wildman–Crippen LogP) is 4.94. The summed E-state index contributed by atoms with van der Waals surface area (Å²) in [5, 5.41) is 15.7. The van der Waals surface area contributed by atoms with E-state index in [0.717, 1.165) is 11.1 Å². The summed E-state index contributed by atoms with van der Waals surface area (Å²) in [5.41, 5.74) is 1.22. The highest BCUT2D eigenvalue weighted by atomic mass is 19.1. The van der Waals surface area contributed by atoms with Gasteiger partial charge in [-0.3, -0.25) is 14.4 Å². The molecule has 4 atom stereocenters. The van der Waals surface area contributed by atoms with Crippen molar-refractivity contribution in [2.24, 2.45) is 5.41 Å². The van der Waals surface area contributed by atoms with Crippen molar-refractivity contribution in [2.45, 2.75) is 70.2 Å². The summed E-state index contributed by atoms with van der Waals surface area (Å²) in [7, 11) is 1.50. The smallest absolute Gasteiger partial charge is 0.408 e. The Morgan fingerprint density at radius 3 is 2.40 bits per heavy atom. The Kier molecular flexibility index (Phi) is 9.85. The molecule has 0 aliphatic carbocycles. The van der Waals surface area contributed by atoms with Crippen molar-refractivity contribution in [3.63, 3.8) is 0 Å². The van der Waals surface area contributed by atoms with Crippen LogP contribution in [0.4, 0.5) is 14.9 Å². The lowest BCUT2D eigenvalue weighted by molar-refractivity contribution is -0.147. The quantitative estimate of drug-likeness (QED) is 0.336. The van der Waals surface area contributed by atoms with Gasteiger partial charge in [0.15, 0.2) is 0 Å². The lowest BCUT2D eigenvalue weighted by Crippen LogP contribution is -2.57. The molecule has 2 aliphatic heterocycles. The van der Waals surface area contributed by atoms with Crippen LogP contribution in [0.15, 0.2) is 78.9 Å². The molecule has 0 radical (unpaired) electrons. The molecule has 11 heteroatoms. The number of anilines is 1. The number of fused-ring (bicyclic) bond motifs is 2.